The van der Waals surface area contributed by atoms with Crippen LogP contribution in [0.25, 0.3) is 0 Å². The van der Waals surface area contributed by atoms with Crippen molar-refractivity contribution in [1.82, 2.24) is 0 Å². The van der Waals surface area contributed by atoms with Crippen LogP contribution in [0.15, 0.2) is 60.7 Å². The molecule has 146 valence electrons. The minimum Gasteiger partial charge on any atom is -0.495 e. The Hall–Kier alpha value is -3.61. The van der Waals surface area contributed by atoms with Gasteiger partial charge >= 0.3 is 5.97 Å². The molecule has 2 aromatic carbocycles. The molecule has 0 radical (unpaired) electrons. The van der Waals surface area contributed by atoms with Crippen LogP contribution < -0.4 is 15.4 Å². The van der Waals surface area contributed by atoms with Crippen LogP contribution in [-0.2, 0) is 14.3 Å². The summed E-state index contributed by atoms with van der Waals surface area (Å²) in [7, 11) is 1.53. The molecule has 2 rings (SSSR count). The number of para-hydroxylation sites is 2. The van der Waals surface area contributed by atoms with Gasteiger partial charge in [0.1, 0.15) is 5.75 Å². The largest absolute Gasteiger partial charge is 0.495 e. The number of methoxy groups -OCH3 is 1. The lowest BCUT2D eigenvalue weighted by molar-refractivity contribution is -0.148. The number of ether oxygens (including phenoxy) is 2. The molecular weight excluding hydrogens is 360 g/mol. The van der Waals surface area contributed by atoms with E-state index in [0.29, 0.717) is 22.7 Å². The second-order valence-corrected chi connectivity index (χ2v) is 5.80. The molecule has 1 atom stereocenters. The van der Waals surface area contributed by atoms with Gasteiger partial charge in [-0.25, -0.2) is 4.79 Å². The van der Waals surface area contributed by atoms with Crippen LogP contribution in [0.5, 0.6) is 5.75 Å². The fraction of sp³-hybridized carbons (Fsp3) is 0.190. The zero-order valence-electron chi connectivity index (χ0n) is 15.9. The Morgan fingerprint density at radius 1 is 1.00 bits per heavy atom. The Bertz CT molecular complexity index is 875. The van der Waals surface area contributed by atoms with E-state index >= 15 is 0 Å². The van der Waals surface area contributed by atoms with Crippen molar-refractivity contribution < 1.29 is 23.9 Å². The van der Waals surface area contributed by atoms with Gasteiger partial charge in [0.25, 0.3) is 11.8 Å². The van der Waals surface area contributed by atoms with Gasteiger partial charge in [0.05, 0.1) is 12.8 Å². The number of hydrogen-bond acceptors (Lipinski definition) is 5. The predicted octanol–water partition coefficient (Wildman–Crippen LogP) is 3.39. The van der Waals surface area contributed by atoms with Crippen LogP contribution >= 0.6 is 0 Å². The van der Waals surface area contributed by atoms with Crippen LogP contribution in [0.4, 0.5) is 11.4 Å². The zero-order chi connectivity index (χ0) is 20.5. The number of nitrogens with one attached hydrogen (secondary N) is 2. The van der Waals surface area contributed by atoms with Crippen molar-refractivity contribution in [3.63, 3.8) is 0 Å². The number of anilines is 2. The summed E-state index contributed by atoms with van der Waals surface area (Å²) in [4.78, 5) is 35.8. The second kappa shape index (κ2) is 9.91. The van der Waals surface area contributed by atoms with Gasteiger partial charge < -0.3 is 20.1 Å². The van der Waals surface area contributed by atoms with Crippen molar-refractivity contribution in [3.8, 4) is 5.75 Å². The number of hydrogen-bond donors (Lipinski definition) is 2. The van der Waals surface area contributed by atoms with Crippen LogP contribution in [-0.4, -0.2) is 31.0 Å². The number of amides is 2. The molecule has 2 amide bonds. The molecule has 2 N–H and O–H groups in total. The molecule has 0 heterocycles. The molecule has 7 nitrogen and oxygen atoms in total. The van der Waals surface area contributed by atoms with Gasteiger partial charge in [0, 0.05) is 17.3 Å². The summed E-state index contributed by atoms with van der Waals surface area (Å²) in [5.41, 5.74) is 1.45. The number of esters is 1. The topological polar surface area (TPSA) is 93.7 Å². The number of benzene rings is 2. The van der Waals surface area contributed by atoms with Gasteiger partial charge in [-0.3, -0.25) is 9.59 Å². The summed E-state index contributed by atoms with van der Waals surface area (Å²) in [5, 5.41) is 5.41. The van der Waals surface area contributed by atoms with Crippen LogP contribution in [0, 0.1) is 0 Å². The average molecular weight is 382 g/mol. The Balaban J connectivity index is 1.98. The summed E-state index contributed by atoms with van der Waals surface area (Å²) >= 11 is 0. The first-order valence-electron chi connectivity index (χ1n) is 8.63. The van der Waals surface area contributed by atoms with Gasteiger partial charge in [-0.15, -0.1) is 0 Å². The molecule has 0 bridgehead atoms. The quantitative estimate of drug-likeness (QED) is 0.565. The zero-order valence-corrected chi connectivity index (χ0v) is 15.9. The molecule has 0 spiro atoms. The molecule has 7 heteroatoms. The first-order valence-corrected chi connectivity index (χ1v) is 8.63. The molecule has 0 aliphatic heterocycles. The first-order chi connectivity index (χ1) is 13.4. The fourth-order valence-corrected chi connectivity index (χ4v) is 2.29. The van der Waals surface area contributed by atoms with Crippen LogP contribution in [0.2, 0.25) is 0 Å². The van der Waals surface area contributed by atoms with Gasteiger partial charge in [-0.05, 0) is 50.2 Å². The minimum atomic E-state index is -0.947. The van der Waals surface area contributed by atoms with E-state index < -0.39 is 18.0 Å². The lowest BCUT2D eigenvalue weighted by Crippen LogP contribution is -2.29. The second-order valence-electron chi connectivity index (χ2n) is 5.80. The van der Waals surface area contributed by atoms with Crippen LogP contribution in [0.3, 0.4) is 0 Å². The summed E-state index contributed by atoms with van der Waals surface area (Å²) in [5.74, 6) is -0.810. The Kier molecular flexibility index (Phi) is 7.33. The van der Waals surface area contributed by atoms with E-state index in [0.717, 1.165) is 0 Å². The van der Waals surface area contributed by atoms with Gasteiger partial charge in [-0.2, -0.15) is 0 Å². The van der Waals surface area contributed by atoms with Gasteiger partial charge in [0.2, 0.25) is 0 Å². The molecule has 0 saturated heterocycles. The maximum atomic E-state index is 12.4. The van der Waals surface area contributed by atoms with Crippen molar-refractivity contribution in [1.29, 1.82) is 0 Å². The van der Waals surface area contributed by atoms with Crippen molar-refractivity contribution in [2.45, 2.75) is 20.0 Å². The first kappa shape index (κ1) is 20.7. The SMILES string of the molecule is CC=CC(=O)OC(C)C(=O)Nc1ccc(C(=O)Nc2ccccc2OC)cc1. The van der Waals surface area contributed by atoms with Gasteiger partial charge in [-0.1, -0.05) is 18.2 Å². The van der Waals surface area contributed by atoms with E-state index in [1.165, 1.54) is 26.2 Å². The van der Waals surface area contributed by atoms with E-state index in [4.69, 9.17) is 9.47 Å². The Morgan fingerprint density at radius 2 is 1.68 bits per heavy atom. The van der Waals surface area contributed by atoms with E-state index in [1.54, 1.807) is 49.4 Å². The average Bonchev–Trinajstić information content (AvgIpc) is 2.69. The molecule has 28 heavy (non-hydrogen) atoms. The van der Waals surface area contributed by atoms with Crippen molar-refractivity contribution in [2.75, 3.05) is 17.7 Å². The lowest BCUT2D eigenvalue weighted by Gasteiger charge is -2.13. The van der Waals surface area contributed by atoms with Gasteiger partial charge in [0.15, 0.2) is 6.10 Å². The highest BCUT2D eigenvalue weighted by Crippen LogP contribution is 2.23. The van der Waals surface area contributed by atoms with E-state index in [2.05, 4.69) is 10.6 Å². The molecular formula is C21H22N2O5. The summed E-state index contributed by atoms with van der Waals surface area (Å²) in [6.07, 6.45) is 1.82. The fourth-order valence-electron chi connectivity index (χ4n) is 2.29. The number of rotatable bonds is 7. The lowest BCUT2D eigenvalue weighted by atomic mass is 10.2. The predicted molar refractivity (Wildman–Crippen MR) is 106 cm³/mol. The standard InChI is InChI=1S/C21H22N2O5/c1-4-7-19(24)28-14(2)20(25)22-16-12-10-15(11-13-16)21(26)23-17-8-5-6-9-18(17)27-3/h4-14H,1-3H3,(H,22,25)(H,23,26). The summed E-state index contributed by atoms with van der Waals surface area (Å²) in [6, 6.07) is 13.4. The maximum Gasteiger partial charge on any atom is 0.331 e. The molecule has 0 aliphatic carbocycles. The number of carbonyl (C=O) groups excluding carboxylic acids is 3. The van der Waals surface area contributed by atoms with E-state index in [-0.39, 0.29) is 5.91 Å². The monoisotopic (exact) mass is 382 g/mol. The minimum absolute atomic E-state index is 0.309. The smallest absolute Gasteiger partial charge is 0.331 e. The highest BCUT2D eigenvalue weighted by molar-refractivity contribution is 6.05. The summed E-state index contributed by atoms with van der Waals surface area (Å²) < 4.78 is 10.2. The van der Waals surface area contributed by atoms with E-state index in [1.807, 2.05) is 6.07 Å². The summed E-state index contributed by atoms with van der Waals surface area (Å²) in [6.45, 7) is 3.16. The van der Waals surface area contributed by atoms with E-state index in [9.17, 15) is 14.4 Å². The maximum absolute atomic E-state index is 12.4. The third-order valence-electron chi connectivity index (χ3n) is 3.73. The molecule has 1 unspecified atom stereocenters. The third-order valence-corrected chi connectivity index (χ3v) is 3.73. The molecule has 0 fully saturated rings. The normalized spacial score (nSPS) is 11.5. The Morgan fingerprint density at radius 3 is 2.32 bits per heavy atom. The third kappa shape index (κ3) is 5.70. The molecule has 0 saturated carbocycles. The number of allylic oxidation sites excluding steroid dienone is 1. The highest BCUT2D eigenvalue weighted by atomic mass is 16.5. The Labute approximate surface area is 163 Å². The number of carbonyl (C=O) groups is 3. The van der Waals surface area contributed by atoms with Crippen molar-refractivity contribution in [2.24, 2.45) is 0 Å². The molecule has 0 aliphatic rings. The van der Waals surface area contributed by atoms with Crippen LogP contribution in [0.1, 0.15) is 24.2 Å². The van der Waals surface area contributed by atoms with Crippen molar-refractivity contribution >= 4 is 29.2 Å². The highest BCUT2D eigenvalue weighted by Gasteiger charge is 2.17. The molecule has 0 aromatic heterocycles. The van der Waals surface area contributed by atoms with Crippen molar-refractivity contribution in [3.05, 3.63) is 66.2 Å². The molecule has 2 aromatic rings.